The van der Waals surface area contributed by atoms with E-state index >= 15 is 0 Å². The molecule has 0 rings (SSSR count). The summed E-state index contributed by atoms with van der Waals surface area (Å²) in [5.74, 6) is 0. The van der Waals surface area contributed by atoms with Gasteiger partial charge in [-0.2, -0.15) is 0 Å². The standard InChI is InChI=1S/C8H19N.C5H13N/c1-6-9(7(2)3)8(4)5;1-4-6-5(2)3/h7-8H,6H2,1-5H3;5-6H,4H2,1-3H3. The Morgan fingerprint density at radius 1 is 0.867 bits per heavy atom. The van der Waals surface area contributed by atoms with Crippen molar-refractivity contribution in [2.45, 2.75) is 73.5 Å². The van der Waals surface area contributed by atoms with Gasteiger partial charge in [0.15, 0.2) is 0 Å². The molecule has 0 fully saturated rings. The van der Waals surface area contributed by atoms with Gasteiger partial charge in [-0.1, -0.05) is 27.7 Å². The summed E-state index contributed by atoms with van der Waals surface area (Å²) in [6.45, 7) is 19.8. The fourth-order valence-corrected chi connectivity index (χ4v) is 1.73. The van der Waals surface area contributed by atoms with Gasteiger partial charge in [0.25, 0.3) is 0 Å². The second-order valence-electron chi connectivity index (χ2n) is 4.73. The SMILES string of the molecule is CCN(C(C)C)C(C)C.CCNC(C)C. The fourth-order valence-electron chi connectivity index (χ4n) is 1.73. The van der Waals surface area contributed by atoms with Crippen LogP contribution in [0, 0.1) is 0 Å². The van der Waals surface area contributed by atoms with Gasteiger partial charge in [0.1, 0.15) is 0 Å². The predicted octanol–water partition coefficient (Wildman–Crippen LogP) is 3.13. The van der Waals surface area contributed by atoms with Crippen LogP contribution in [-0.2, 0) is 0 Å². The van der Waals surface area contributed by atoms with Crippen LogP contribution in [0.3, 0.4) is 0 Å². The molecule has 0 bridgehead atoms. The maximum Gasteiger partial charge on any atom is 0.00411 e. The molecule has 0 saturated carbocycles. The second kappa shape index (κ2) is 10.4. The topological polar surface area (TPSA) is 15.3 Å². The molecule has 0 unspecified atom stereocenters. The molecule has 0 heterocycles. The molecule has 0 radical (unpaired) electrons. The summed E-state index contributed by atoms with van der Waals surface area (Å²) in [7, 11) is 0. The molecular formula is C13H32N2. The van der Waals surface area contributed by atoms with Crippen molar-refractivity contribution in [3.05, 3.63) is 0 Å². The third-order valence-corrected chi connectivity index (χ3v) is 2.30. The lowest BCUT2D eigenvalue weighted by molar-refractivity contribution is 0.185. The fraction of sp³-hybridized carbons (Fsp3) is 1.00. The third-order valence-electron chi connectivity index (χ3n) is 2.30. The van der Waals surface area contributed by atoms with Gasteiger partial charge in [-0.15, -0.1) is 0 Å². The van der Waals surface area contributed by atoms with Crippen LogP contribution in [0.4, 0.5) is 0 Å². The molecule has 0 aromatic heterocycles. The van der Waals surface area contributed by atoms with E-state index in [9.17, 15) is 0 Å². The van der Waals surface area contributed by atoms with Gasteiger partial charge >= 0.3 is 0 Å². The maximum absolute atomic E-state index is 3.21. The van der Waals surface area contributed by atoms with Crippen molar-refractivity contribution in [1.29, 1.82) is 0 Å². The molecule has 1 N–H and O–H groups in total. The molecule has 0 aromatic carbocycles. The Morgan fingerprint density at radius 2 is 1.27 bits per heavy atom. The molecule has 15 heavy (non-hydrogen) atoms. The maximum atomic E-state index is 3.21. The molecule has 0 aliphatic rings. The van der Waals surface area contributed by atoms with Gasteiger partial charge in [0, 0.05) is 18.1 Å². The monoisotopic (exact) mass is 216 g/mol. The summed E-state index contributed by atoms with van der Waals surface area (Å²) >= 11 is 0. The largest absolute Gasteiger partial charge is 0.315 e. The first-order valence-electron chi connectivity index (χ1n) is 6.35. The number of nitrogens with one attached hydrogen (secondary N) is 1. The van der Waals surface area contributed by atoms with Crippen molar-refractivity contribution in [2.24, 2.45) is 0 Å². The van der Waals surface area contributed by atoms with Crippen LogP contribution in [0.15, 0.2) is 0 Å². The zero-order valence-corrected chi connectivity index (χ0v) is 12.1. The van der Waals surface area contributed by atoms with E-state index in [0.717, 1.165) is 13.1 Å². The molecule has 0 atom stereocenters. The number of rotatable bonds is 5. The van der Waals surface area contributed by atoms with E-state index < -0.39 is 0 Å². The first-order chi connectivity index (χ1) is 6.86. The lowest BCUT2D eigenvalue weighted by atomic mass is 10.2. The Labute approximate surface area is 97.4 Å². The van der Waals surface area contributed by atoms with E-state index in [1.165, 1.54) is 0 Å². The van der Waals surface area contributed by atoms with Gasteiger partial charge in [-0.3, -0.25) is 4.90 Å². The first-order valence-corrected chi connectivity index (χ1v) is 6.35. The summed E-state index contributed by atoms with van der Waals surface area (Å²) in [6, 6.07) is 2.03. The number of hydrogen-bond donors (Lipinski definition) is 1. The van der Waals surface area contributed by atoms with Crippen LogP contribution in [-0.4, -0.2) is 36.1 Å². The van der Waals surface area contributed by atoms with E-state index in [4.69, 9.17) is 0 Å². The minimum Gasteiger partial charge on any atom is -0.315 e. The van der Waals surface area contributed by atoms with Crippen molar-refractivity contribution in [3.8, 4) is 0 Å². The molecule has 0 aliphatic heterocycles. The highest BCUT2D eigenvalue weighted by molar-refractivity contribution is 4.64. The normalized spacial score (nSPS) is 11.2. The van der Waals surface area contributed by atoms with Crippen LogP contribution in [0.2, 0.25) is 0 Å². The van der Waals surface area contributed by atoms with E-state index in [1.807, 2.05) is 0 Å². The Bertz CT molecular complexity index is 112. The summed E-state index contributed by atoms with van der Waals surface area (Å²) in [4.78, 5) is 2.46. The molecule has 2 nitrogen and oxygen atoms in total. The molecule has 0 saturated heterocycles. The minimum atomic E-state index is 0.648. The van der Waals surface area contributed by atoms with Crippen molar-refractivity contribution in [1.82, 2.24) is 10.2 Å². The Kier molecular flexibility index (Phi) is 12.1. The molecule has 0 amide bonds. The molecule has 0 aromatic rings. The van der Waals surface area contributed by atoms with Crippen molar-refractivity contribution < 1.29 is 0 Å². The molecule has 94 valence electrons. The average Bonchev–Trinajstić information content (AvgIpc) is 2.03. The highest BCUT2D eigenvalue weighted by Crippen LogP contribution is 2.02. The Morgan fingerprint density at radius 3 is 1.27 bits per heavy atom. The van der Waals surface area contributed by atoms with Crippen LogP contribution < -0.4 is 5.32 Å². The molecule has 0 spiro atoms. The van der Waals surface area contributed by atoms with Crippen LogP contribution >= 0.6 is 0 Å². The molecule has 0 aliphatic carbocycles. The molecule has 2 heteroatoms. The van der Waals surface area contributed by atoms with Crippen molar-refractivity contribution in [3.63, 3.8) is 0 Å². The van der Waals surface area contributed by atoms with Crippen LogP contribution in [0.1, 0.15) is 55.4 Å². The van der Waals surface area contributed by atoms with Crippen molar-refractivity contribution in [2.75, 3.05) is 13.1 Å². The van der Waals surface area contributed by atoms with Gasteiger partial charge in [-0.05, 0) is 40.8 Å². The zero-order chi connectivity index (χ0) is 12.4. The quantitative estimate of drug-likeness (QED) is 0.759. The van der Waals surface area contributed by atoms with Gasteiger partial charge in [0.05, 0.1) is 0 Å². The molecular weight excluding hydrogens is 184 g/mol. The van der Waals surface area contributed by atoms with E-state index in [1.54, 1.807) is 0 Å². The minimum absolute atomic E-state index is 0.648. The summed E-state index contributed by atoms with van der Waals surface area (Å²) in [5.41, 5.74) is 0. The predicted molar refractivity (Wildman–Crippen MR) is 71.5 cm³/mol. The average molecular weight is 216 g/mol. The zero-order valence-electron chi connectivity index (χ0n) is 12.1. The lowest BCUT2D eigenvalue weighted by Gasteiger charge is -2.28. The number of nitrogens with zero attached hydrogens (tertiary/aromatic N) is 1. The highest BCUT2D eigenvalue weighted by atomic mass is 15.2. The summed E-state index contributed by atoms with van der Waals surface area (Å²) in [5, 5.41) is 3.21. The lowest BCUT2D eigenvalue weighted by Crippen LogP contribution is -2.36. The third kappa shape index (κ3) is 11.8. The van der Waals surface area contributed by atoms with E-state index in [0.29, 0.717) is 18.1 Å². The Hall–Kier alpha value is -0.0800. The van der Waals surface area contributed by atoms with Crippen LogP contribution in [0.5, 0.6) is 0 Å². The van der Waals surface area contributed by atoms with Gasteiger partial charge in [-0.25, -0.2) is 0 Å². The summed E-state index contributed by atoms with van der Waals surface area (Å²) in [6.07, 6.45) is 0. The Balaban J connectivity index is 0. The van der Waals surface area contributed by atoms with Gasteiger partial charge in [0.2, 0.25) is 0 Å². The first kappa shape index (κ1) is 17.3. The second-order valence-corrected chi connectivity index (χ2v) is 4.73. The van der Waals surface area contributed by atoms with E-state index in [2.05, 4.69) is 65.6 Å². The summed E-state index contributed by atoms with van der Waals surface area (Å²) < 4.78 is 0. The highest BCUT2D eigenvalue weighted by Gasteiger charge is 2.08. The van der Waals surface area contributed by atoms with Crippen molar-refractivity contribution >= 4 is 0 Å². The van der Waals surface area contributed by atoms with E-state index in [-0.39, 0.29) is 0 Å². The van der Waals surface area contributed by atoms with Gasteiger partial charge < -0.3 is 5.32 Å². The van der Waals surface area contributed by atoms with Crippen LogP contribution in [0.25, 0.3) is 0 Å². The number of hydrogen-bond acceptors (Lipinski definition) is 2. The smallest absolute Gasteiger partial charge is 0.00411 e.